The number of carbonyl (C=O) groups excluding carboxylic acids is 3. The van der Waals surface area contributed by atoms with E-state index in [9.17, 15) is 14.4 Å². The van der Waals surface area contributed by atoms with E-state index in [2.05, 4.69) is 73.4 Å². The van der Waals surface area contributed by atoms with Crippen molar-refractivity contribution >= 4 is 51.0 Å². The van der Waals surface area contributed by atoms with Crippen molar-refractivity contribution < 1.29 is 19.1 Å². The minimum Gasteiger partial charge on any atom is -0.444 e. The Morgan fingerprint density at radius 1 is 0.870 bits per heavy atom. The van der Waals surface area contributed by atoms with Crippen molar-refractivity contribution in [3.8, 4) is 0 Å². The molecule has 3 aromatic heterocycles. The van der Waals surface area contributed by atoms with Crippen molar-refractivity contribution in [1.82, 2.24) is 30.6 Å². The molecule has 4 N–H and O–H groups in total. The zero-order valence-corrected chi connectivity index (χ0v) is 33.7. The van der Waals surface area contributed by atoms with E-state index >= 15 is 0 Å². The van der Waals surface area contributed by atoms with E-state index in [0.29, 0.717) is 32.4 Å². The highest BCUT2D eigenvalue weighted by Gasteiger charge is 2.36. The maximum absolute atomic E-state index is 13.7. The van der Waals surface area contributed by atoms with E-state index in [0.717, 1.165) is 100 Å². The topological polar surface area (TPSA) is 142 Å². The van der Waals surface area contributed by atoms with Crippen molar-refractivity contribution in [1.29, 1.82) is 0 Å². The second kappa shape index (κ2) is 15.9. The number of rotatable bonds is 12. The van der Waals surface area contributed by atoms with E-state index < -0.39 is 5.60 Å². The monoisotopic (exact) mass is 734 g/mol. The minimum atomic E-state index is -0.506. The Morgan fingerprint density at radius 2 is 1.56 bits per heavy atom. The Hall–Kier alpha value is -4.73. The van der Waals surface area contributed by atoms with E-state index in [1.807, 2.05) is 27.7 Å². The van der Waals surface area contributed by atoms with Gasteiger partial charge in [-0.15, -0.1) is 0 Å². The maximum atomic E-state index is 13.7. The zero-order valence-electron chi connectivity index (χ0n) is 33.7. The van der Waals surface area contributed by atoms with Crippen LogP contribution in [0.3, 0.4) is 0 Å². The van der Waals surface area contributed by atoms with Crippen LogP contribution in [0.25, 0.3) is 33.2 Å². The molecule has 0 spiro atoms. The van der Waals surface area contributed by atoms with Crippen LogP contribution in [-0.4, -0.2) is 56.4 Å². The third-order valence-electron chi connectivity index (χ3n) is 11.4. The molecule has 0 radical (unpaired) electrons. The number of alkyl carbamates (subject to hydrolysis) is 1. The number of hydrogen-bond acceptors (Lipinski definition) is 6. The Bertz CT molecular complexity index is 2160. The number of fused-ring (bicyclic) bond motifs is 8. The van der Waals surface area contributed by atoms with E-state index in [4.69, 9.17) is 14.7 Å². The highest BCUT2D eigenvalue weighted by molar-refractivity contribution is 6.13. The van der Waals surface area contributed by atoms with Crippen molar-refractivity contribution in [3.63, 3.8) is 0 Å². The van der Waals surface area contributed by atoms with E-state index in [1.165, 1.54) is 22.3 Å². The Balaban J connectivity index is 1.26. The molecule has 0 aromatic carbocycles. The lowest BCUT2D eigenvalue weighted by Gasteiger charge is -2.19. The molecule has 10 heteroatoms. The first-order valence-corrected chi connectivity index (χ1v) is 19.9. The zero-order chi connectivity index (χ0) is 38.9. The Labute approximate surface area is 319 Å². The summed E-state index contributed by atoms with van der Waals surface area (Å²) in [5, 5.41) is 5.92. The van der Waals surface area contributed by atoms with Crippen LogP contribution in [0.4, 0.5) is 4.79 Å². The summed E-state index contributed by atoms with van der Waals surface area (Å²) in [6, 6.07) is 6.46. The number of allylic oxidation sites excluding steroid dienone is 2. The van der Waals surface area contributed by atoms with Gasteiger partial charge in [-0.1, -0.05) is 33.6 Å². The largest absolute Gasteiger partial charge is 0.444 e. The summed E-state index contributed by atoms with van der Waals surface area (Å²) in [7, 11) is 0. The SMILES string of the molecule is CCC1=C(C)c2cc3[nH]c(cc4nc(c5c6[nH]c(cc1n2)c(C)c6C(=O)C5)[C@@H](CCC(=O)NCCCCCCNC(=O)OC(C)(C)C)[C@@H]4C)c(C)c3CC. The van der Waals surface area contributed by atoms with Gasteiger partial charge in [0.1, 0.15) is 5.60 Å². The molecule has 5 heterocycles. The summed E-state index contributed by atoms with van der Waals surface area (Å²) in [5.74, 6) is 0.175. The third-order valence-corrected chi connectivity index (χ3v) is 11.4. The quantitative estimate of drug-likeness (QED) is 0.137. The second-order valence-corrected chi connectivity index (χ2v) is 16.2. The first-order valence-electron chi connectivity index (χ1n) is 19.9. The van der Waals surface area contributed by atoms with Gasteiger partial charge in [0.15, 0.2) is 5.78 Å². The molecule has 3 aliphatic rings. The first kappa shape index (κ1) is 39.0. The van der Waals surface area contributed by atoms with Crippen LogP contribution < -0.4 is 10.6 Å². The van der Waals surface area contributed by atoms with Crippen molar-refractivity contribution in [2.45, 2.75) is 138 Å². The predicted molar refractivity (Wildman–Crippen MR) is 217 cm³/mol. The second-order valence-electron chi connectivity index (χ2n) is 16.2. The summed E-state index contributed by atoms with van der Waals surface area (Å²) in [5.41, 5.74) is 14.6. The summed E-state index contributed by atoms with van der Waals surface area (Å²) in [4.78, 5) is 56.5. The van der Waals surface area contributed by atoms with Gasteiger partial charge in [0, 0.05) is 71.1 Å². The highest BCUT2D eigenvalue weighted by atomic mass is 16.6. The predicted octanol–water partition coefficient (Wildman–Crippen LogP) is 9.44. The molecule has 8 bridgehead atoms. The van der Waals surface area contributed by atoms with Crippen LogP contribution in [0.2, 0.25) is 0 Å². The van der Waals surface area contributed by atoms with Crippen molar-refractivity contribution in [3.05, 3.63) is 68.8 Å². The fourth-order valence-corrected chi connectivity index (χ4v) is 8.37. The molecule has 54 heavy (non-hydrogen) atoms. The molecule has 0 saturated heterocycles. The van der Waals surface area contributed by atoms with Crippen LogP contribution in [0.15, 0.2) is 18.2 Å². The molecule has 10 nitrogen and oxygen atoms in total. The van der Waals surface area contributed by atoms with Crippen LogP contribution >= 0.6 is 0 Å². The standard InChI is InChI=1S/C44H58N6O4/c1-10-28-24(3)32-21-34-26(5)30(16-17-39(52)45-18-14-12-13-15-19-46-43(53)54-44(7,8)9)41(49-34)31-20-38(51)40-27(6)35(50-42(31)40)23-37-29(11-2)25(4)33(48-37)22-36(28)47-32/h21-23,26,30,47,50H,10-20H2,1-9H3,(H,45,52)(H,46,53)/t26-,30-/m0/s1. The first-order chi connectivity index (χ1) is 25.7. The van der Waals surface area contributed by atoms with Crippen LogP contribution in [-0.2, 0) is 22.4 Å². The average molecular weight is 735 g/mol. The van der Waals surface area contributed by atoms with Crippen molar-refractivity contribution in [2.75, 3.05) is 13.1 Å². The maximum Gasteiger partial charge on any atom is 0.407 e. The summed E-state index contributed by atoms with van der Waals surface area (Å²) in [6.45, 7) is 19.6. The molecule has 6 rings (SSSR count). The van der Waals surface area contributed by atoms with Crippen LogP contribution in [0.5, 0.6) is 0 Å². The molecule has 1 aliphatic carbocycles. The molecular weight excluding hydrogens is 677 g/mol. The molecule has 3 aromatic rings. The molecule has 2 atom stereocenters. The van der Waals surface area contributed by atoms with Crippen LogP contribution in [0, 0.1) is 13.8 Å². The number of aryl methyl sites for hydroxylation is 3. The highest BCUT2D eigenvalue weighted by Crippen LogP contribution is 2.44. The molecule has 288 valence electrons. The molecule has 2 amide bonds. The number of ketones is 1. The normalized spacial score (nSPS) is 16.6. The number of Topliss-reactive ketones (excluding diaryl/α,β-unsaturated/α-hetero) is 1. The lowest BCUT2D eigenvalue weighted by molar-refractivity contribution is -0.121. The fourth-order valence-electron chi connectivity index (χ4n) is 8.37. The van der Waals surface area contributed by atoms with Gasteiger partial charge in [-0.05, 0) is 120 Å². The Morgan fingerprint density at radius 3 is 2.24 bits per heavy atom. The number of carbonyl (C=O) groups is 3. The van der Waals surface area contributed by atoms with Gasteiger partial charge < -0.3 is 25.3 Å². The number of nitrogens with one attached hydrogen (secondary N) is 4. The number of aromatic amines is 2. The average Bonchev–Trinajstić information content (AvgIpc) is 3.86. The lowest BCUT2D eigenvalue weighted by Crippen LogP contribution is -2.33. The van der Waals surface area contributed by atoms with Gasteiger partial charge in [0.05, 0.1) is 22.6 Å². The number of hydrogen-bond donors (Lipinski definition) is 4. The van der Waals surface area contributed by atoms with E-state index in [-0.39, 0.29) is 29.6 Å². The van der Waals surface area contributed by atoms with E-state index in [1.54, 1.807) is 0 Å². The Kier molecular flexibility index (Phi) is 11.5. The summed E-state index contributed by atoms with van der Waals surface area (Å²) in [6.07, 6.45) is 6.32. The number of amides is 2. The minimum absolute atomic E-state index is 0.0138. The molecule has 0 fully saturated rings. The number of nitrogens with zero attached hydrogens (tertiary/aromatic N) is 2. The van der Waals surface area contributed by atoms with Gasteiger partial charge in [-0.2, -0.15) is 0 Å². The van der Waals surface area contributed by atoms with Crippen molar-refractivity contribution in [2.24, 2.45) is 0 Å². The number of H-pyrrole nitrogens is 2. The van der Waals surface area contributed by atoms with Gasteiger partial charge >= 0.3 is 6.09 Å². The summed E-state index contributed by atoms with van der Waals surface area (Å²) < 4.78 is 5.28. The third kappa shape index (κ3) is 8.03. The molecule has 0 saturated carbocycles. The fraction of sp³-hybridized carbons (Fsp3) is 0.523. The number of unbranched alkanes of at least 4 members (excludes halogenated alkanes) is 3. The van der Waals surface area contributed by atoms with Gasteiger partial charge in [0.25, 0.3) is 0 Å². The van der Waals surface area contributed by atoms with Crippen LogP contribution in [0.1, 0.15) is 161 Å². The molecule has 0 unspecified atom stereocenters. The van der Waals surface area contributed by atoms with Gasteiger partial charge in [-0.25, -0.2) is 9.78 Å². The summed E-state index contributed by atoms with van der Waals surface area (Å²) >= 11 is 0. The van der Waals surface area contributed by atoms with Gasteiger partial charge in [-0.3, -0.25) is 14.6 Å². The lowest BCUT2D eigenvalue weighted by atomic mass is 9.85. The van der Waals surface area contributed by atoms with Gasteiger partial charge in [0.2, 0.25) is 5.91 Å². The number of aromatic nitrogens is 4. The molecule has 2 aliphatic heterocycles. The number of ether oxygens (including phenoxy) is 1. The molecular formula is C44H58N6O4. The smallest absolute Gasteiger partial charge is 0.407 e.